The molecule has 0 aliphatic rings. The fourth-order valence-corrected chi connectivity index (χ4v) is 2.88. The van der Waals surface area contributed by atoms with Gasteiger partial charge in [0, 0.05) is 12.1 Å². The Morgan fingerprint density at radius 2 is 1.86 bits per heavy atom. The largest absolute Gasteiger partial charge is 0.494 e. The molecule has 0 aliphatic carbocycles. The number of primary amides is 1. The number of carbonyl (C=O) groups excluding carboxylic acids is 1. The molecule has 118 valence electrons. The van der Waals surface area contributed by atoms with Crippen molar-refractivity contribution in [3.8, 4) is 5.88 Å². The third kappa shape index (κ3) is 3.61. The van der Waals surface area contributed by atoms with Crippen molar-refractivity contribution in [3.63, 3.8) is 0 Å². The highest BCUT2D eigenvalue weighted by molar-refractivity contribution is 7.85. The second kappa shape index (κ2) is 6.27. The summed E-state index contributed by atoms with van der Waals surface area (Å²) in [5.74, 6) is -2.48. The summed E-state index contributed by atoms with van der Waals surface area (Å²) in [5, 5.41) is 10.0. The van der Waals surface area contributed by atoms with Crippen LogP contribution in [0.3, 0.4) is 0 Å². The molecule has 0 spiro atoms. The van der Waals surface area contributed by atoms with Crippen molar-refractivity contribution < 1.29 is 22.9 Å². The lowest BCUT2D eigenvalue weighted by molar-refractivity contribution is 0.0995. The molecule has 0 unspecified atom stereocenters. The summed E-state index contributed by atoms with van der Waals surface area (Å²) < 4.78 is 32.1. The minimum absolute atomic E-state index is 0.0236. The first kappa shape index (κ1) is 17.2. The Kier molecular flexibility index (Phi) is 5.13. The Bertz CT molecular complexity index is 720. The maximum absolute atomic E-state index is 12.2. The molecule has 0 aliphatic heterocycles. The normalized spacial score (nSPS) is 11.6. The second-order valence-corrected chi connectivity index (χ2v) is 6.00. The molecular formula is C12H18N2O6S. The van der Waals surface area contributed by atoms with Gasteiger partial charge in [-0.1, -0.05) is 13.3 Å². The fourth-order valence-electron chi connectivity index (χ4n) is 2.22. The summed E-state index contributed by atoms with van der Waals surface area (Å²) in [6.07, 6.45) is 0.671. The van der Waals surface area contributed by atoms with Gasteiger partial charge in [0.1, 0.15) is 11.3 Å². The van der Waals surface area contributed by atoms with Crippen LogP contribution in [0.1, 0.15) is 41.8 Å². The number of nitrogens with zero attached hydrogens (tertiary/aromatic N) is 1. The van der Waals surface area contributed by atoms with E-state index in [0.29, 0.717) is 6.42 Å². The van der Waals surface area contributed by atoms with Crippen LogP contribution in [0.4, 0.5) is 0 Å². The lowest BCUT2D eigenvalue weighted by Crippen LogP contribution is -2.30. The van der Waals surface area contributed by atoms with E-state index in [2.05, 4.69) is 0 Å². The van der Waals surface area contributed by atoms with Gasteiger partial charge in [-0.3, -0.25) is 18.7 Å². The van der Waals surface area contributed by atoms with Crippen LogP contribution in [0.25, 0.3) is 0 Å². The number of aromatic hydroxyl groups is 1. The van der Waals surface area contributed by atoms with Crippen molar-refractivity contribution >= 4 is 16.0 Å². The molecule has 9 heteroatoms. The third-order valence-electron chi connectivity index (χ3n) is 3.04. The number of pyridine rings is 1. The van der Waals surface area contributed by atoms with E-state index >= 15 is 0 Å². The van der Waals surface area contributed by atoms with Crippen LogP contribution < -0.4 is 11.3 Å². The molecule has 0 aromatic carbocycles. The number of aromatic nitrogens is 1. The van der Waals surface area contributed by atoms with Crippen LogP contribution in [-0.2, 0) is 28.8 Å². The monoisotopic (exact) mass is 318 g/mol. The van der Waals surface area contributed by atoms with Gasteiger partial charge in [0.15, 0.2) is 0 Å². The summed E-state index contributed by atoms with van der Waals surface area (Å²) in [5.41, 5.74) is 4.00. The van der Waals surface area contributed by atoms with Crippen molar-refractivity contribution in [1.82, 2.24) is 4.57 Å². The van der Waals surface area contributed by atoms with E-state index in [1.54, 1.807) is 13.8 Å². The Labute approximate surface area is 122 Å². The zero-order valence-corrected chi connectivity index (χ0v) is 12.6. The minimum Gasteiger partial charge on any atom is -0.494 e. The predicted octanol–water partition coefficient (Wildman–Crippen LogP) is 0.0130. The van der Waals surface area contributed by atoms with Gasteiger partial charge in [-0.05, 0) is 18.9 Å². The summed E-state index contributed by atoms with van der Waals surface area (Å²) >= 11 is 0. The summed E-state index contributed by atoms with van der Waals surface area (Å²) in [6.45, 7) is 3.32. The van der Waals surface area contributed by atoms with Crippen molar-refractivity contribution in [1.29, 1.82) is 0 Å². The molecule has 1 amide bonds. The molecule has 1 rings (SSSR count). The molecular weight excluding hydrogens is 300 g/mol. The van der Waals surface area contributed by atoms with E-state index in [1.165, 1.54) is 0 Å². The van der Waals surface area contributed by atoms with E-state index in [1.807, 2.05) is 0 Å². The predicted molar refractivity (Wildman–Crippen MR) is 75.8 cm³/mol. The highest BCUT2D eigenvalue weighted by Gasteiger charge is 2.26. The summed E-state index contributed by atoms with van der Waals surface area (Å²) in [4.78, 5) is 23.8. The van der Waals surface area contributed by atoms with Gasteiger partial charge in [0.05, 0.1) is 0 Å². The Hall–Kier alpha value is -1.87. The smallest absolute Gasteiger partial charge is 0.269 e. The minimum atomic E-state index is -4.47. The van der Waals surface area contributed by atoms with Crippen LogP contribution in [0, 0.1) is 0 Å². The van der Waals surface area contributed by atoms with Gasteiger partial charge in [-0.2, -0.15) is 8.42 Å². The number of hydrogen-bond acceptors (Lipinski definition) is 5. The number of amides is 1. The van der Waals surface area contributed by atoms with Gasteiger partial charge >= 0.3 is 0 Å². The van der Waals surface area contributed by atoms with E-state index in [0.717, 1.165) is 4.57 Å². The van der Waals surface area contributed by atoms with Crippen molar-refractivity contribution in [2.45, 2.75) is 39.0 Å². The maximum atomic E-state index is 12.2. The van der Waals surface area contributed by atoms with Gasteiger partial charge < -0.3 is 10.8 Å². The maximum Gasteiger partial charge on any atom is 0.269 e. The highest BCUT2D eigenvalue weighted by Crippen LogP contribution is 2.24. The zero-order chi connectivity index (χ0) is 16.4. The molecule has 21 heavy (non-hydrogen) atoms. The number of hydrogen-bond donors (Lipinski definition) is 3. The van der Waals surface area contributed by atoms with Crippen LogP contribution in [0.5, 0.6) is 5.88 Å². The molecule has 0 saturated heterocycles. The molecule has 0 bridgehead atoms. The molecule has 1 aromatic rings. The van der Waals surface area contributed by atoms with Crippen LogP contribution in [0.15, 0.2) is 4.79 Å². The Morgan fingerprint density at radius 1 is 1.29 bits per heavy atom. The summed E-state index contributed by atoms with van der Waals surface area (Å²) in [6, 6.07) is 0. The summed E-state index contributed by atoms with van der Waals surface area (Å²) in [7, 11) is -4.47. The van der Waals surface area contributed by atoms with Crippen LogP contribution in [0.2, 0.25) is 0 Å². The average Bonchev–Trinajstić information content (AvgIpc) is 2.33. The lowest BCUT2D eigenvalue weighted by atomic mass is 9.99. The van der Waals surface area contributed by atoms with Gasteiger partial charge in [-0.15, -0.1) is 0 Å². The van der Waals surface area contributed by atoms with Crippen LogP contribution in [-0.4, -0.2) is 28.6 Å². The first-order chi connectivity index (χ1) is 9.64. The van der Waals surface area contributed by atoms with Crippen molar-refractivity contribution in [2.75, 3.05) is 0 Å². The van der Waals surface area contributed by atoms with Crippen LogP contribution >= 0.6 is 0 Å². The molecule has 1 heterocycles. The van der Waals surface area contributed by atoms with Crippen molar-refractivity contribution in [3.05, 3.63) is 27.0 Å². The third-order valence-corrected chi connectivity index (χ3v) is 3.69. The Balaban J connectivity index is 3.86. The molecule has 8 nitrogen and oxygen atoms in total. The second-order valence-electron chi connectivity index (χ2n) is 4.55. The quantitative estimate of drug-likeness (QED) is 0.631. The first-order valence-corrected chi connectivity index (χ1v) is 7.97. The van der Waals surface area contributed by atoms with E-state index in [4.69, 9.17) is 10.3 Å². The number of carbonyl (C=O) groups is 1. The Morgan fingerprint density at radius 3 is 2.24 bits per heavy atom. The molecule has 0 atom stereocenters. The molecule has 0 radical (unpaired) electrons. The van der Waals surface area contributed by atoms with E-state index < -0.39 is 33.2 Å². The van der Waals surface area contributed by atoms with Gasteiger partial charge in [0.2, 0.25) is 5.88 Å². The van der Waals surface area contributed by atoms with Gasteiger partial charge in [0.25, 0.3) is 21.6 Å². The lowest BCUT2D eigenvalue weighted by Gasteiger charge is -2.17. The van der Waals surface area contributed by atoms with Crippen molar-refractivity contribution in [2.24, 2.45) is 5.73 Å². The molecule has 1 aromatic heterocycles. The standard InChI is InChI=1S/C12H18N2O6S/c1-3-5-7-8(6-21(18,19)20)11(16)14(4-2)12(17)9(7)10(13)15/h17H,3-6H2,1-2H3,(H2,13,15)(H,18,19,20). The molecule has 0 fully saturated rings. The zero-order valence-electron chi connectivity index (χ0n) is 11.8. The molecule has 0 saturated carbocycles. The topological polar surface area (TPSA) is 140 Å². The van der Waals surface area contributed by atoms with E-state index in [9.17, 15) is 23.1 Å². The first-order valence-electron chi connectivity index (χ1n) is 6.36. The SMILES string of the molecule is CCCc1c(C(N)=O)c(O)n(CC)c(=O)c1CS(=O)(=O)O. The highest BCUT2D eigenvalue weighted by atomic mass is 32.2. The molecule has 4 N–H and O–H groups in total. The number of rotatable bonds is 6. The average molecular weight is 318 g/mol. The fraction of sp³-hybridized carbons (Fsp3) is 0.500. The van der Waals surface area contributed by atoms with Gasteiger partial charge in [-0.25, -0.2) is 0 Å². The number of nitrogens with two attached hydrogens (primary N) is 1. The van der Waals surface area contributed by atoms with E-state index in [-0.39, 0.29) is 29.7 Å².